The Hall–Kier alpha value is -1.53. The number of nitrogens with two attached hydrogens (primary N) is 1. The highest BCUT2D eigenvalue weighted by molar-refractivity contribution is 8.01. The summed E-state index contributed by atoms with van der Waals surface area (Å²) in [6.07, 6.45) is 0. The van der Waals surface area contributed by atoms with Crippen LogP contribution in [-0.4, -0.2) is 17.6 Å². The number of nitrogens with zero attached hydrogens (tertiary/aromatic N) is 1. The molecule has 2 aromatic rings. The van der Waals surface area contributed by atoms with Crippen LogP contribution in [0.1, 0.15) is 22.3 Å². The van der Waals surface area contributed by atoms with Crippen LogP contribution in [-0.2, 0) is 4.74 Å². The summed E-state index contributed by atoms with van der Waals surface area (Å²) < 4.78 is 5.82. The van der Waals surface area contributed by atoms with Crippen molar-refractivity contribution in [1.82, 2.24) is 4.98 Å². The number of carbonyl (C=O) groups is 1. The third kappa shape index (κ3) is 3.48. The van der Waals surface area contributed by atoms with Gasteiger partial charge >= 0.3 is 5.97 Å². The lowest BCUT2D eigenvalue weighted by Crippen LogP contribution is -2.03. The molecule has 0 saturated heterocycles. The van der Waals surface area contributed by atoms with Crippen molar-refractivity contribution >= 4 is 34.8 Å². The Labute approximate surface area is 120 Å². The van der Waals surface area contributed by atoms with E-state index in [0.717, 1.165) is 14.9 Å². The zero-order valence-corrected chi connectivity index (χ0v) is 12.3. The number of benzene rings is 1. The van der Waals surface area contributed by atoms with Crippen molar-refractivity contribution < 1.29 is 9.53 Å². The molecule has 1 aromatic heterocycles. The van der Waals surface area contributed by atoms with Gasteiger partial charge in [-0.3, -0.25) is 0 Å². The van der Waals surface area contributed by atoms with Crippen LogP contribution in [0.5, 0.6) is 0 Å². The predicted octanol–water partition coefficient (Wildman–Crippen LogP) is 3.36. The third-order valence-corrected chi connectivity index (χ3v) is 4.53. The lowest BCUT2D eigenvalue weighted by atomic mass is 10.3. The summed E-state index contributed by atoms with van der Waals surface area (Å²) in [5, 5.41) is 0. The standard InChI is InChI=1S/C13H14N2O2S2/c1-3-17-12(16)11-8(2)15-13(19-11)18-10-6-4-9(14)5-7-10/h4-7H,3,14H2,1-2H3. The first-order chi connectivity index (χ1) is 9.10. The first-order valence-corrected chi connectivity index (χ1v) is 7.41. The van der Waals surface area contributed by atoms with Gasteiger partial charge in [-0.1, -0.05) is 11.8 Å². The number of carbonyl (C=O) groups excluding carboxylic acids is 1. The van der Waals surface area contributed by atoms with Gasteiger partial charge in [-0.25, -0.2) is 9.78 Å². The zero-order valence-electron chi connectivity index (χ0n) is 10.7. The molecule has 0 unspecified atom stereocenters. The number of aryl methyl sites for hydroxylation is 1. The van der Waals surface area contributed by atoms with Crippen LogP contribution in [0, 0.1) is 6.92 Å². The van der Waals surface area contributed by atoms with Crippen LogP contribution in [0.15, 0.2) is 33.5 Å². The Morgan fingerprint density at radius 3 is 2.74 bits per heavy atom. The second-order valence-corrected chi connectivity index (χ2v) is 6.11. The van der Waals surface area contributed by atoms with Crippen molar-refractivity contribution in [3.05, 3.63) is 34.8 Å². The molecule has 1 aromatic carbocycles. The maximum Gasteiger partial charge on any atom is 0.350 e. The van der Waals surface area contributed by atoms with Crippen LogP contribution in [0.4, 0.5) is 5.69 Å². The fraction of sp³-hybridized carbons (Fsp3) is 0.231. The molecule has 100 valence electrons. The molecule has 0 aliphatic rings. The van der Waals surface area contributed by atoms with E-state index in [9.17, 15) is 4.79 Å². The number of nitrogen functional groups attached to an aromatic ring is 1. The van der Waals surface area contributed by atoms with E-state index in [1.165, 1.54) is 23.1 Å². The molecular formula is C13H14N2O2S2. The summed E-state index contributed by atoms with van der Waals surface area (Å²) in [4.78, 5) is 17.7. The van der Waals surface area contributed by atoms with Gasteiger partial charge in [0.1, 0.15) is 4.88 Å². The van der Waals surface area contributed by atoms with Crippen LogP contribution in [0.25, 0.3) is 0 Å². The largest absolute Gasteiger partial charge is 0.462 e. The molecule has 1 heterocycles. The molecular weight excluding hydrogens is 280 g/mol. The molecule has 0 aliphatic carbocycles. The Kier molecular flexibility index (Phi) is 4.44. The highest BCUT2D eigenvalue weighted by atomic mass is 32.2. The average Bonchev–Trinajstić information content (AvgIpc) is 2.74. The summed E-state index contributed by atoms with van der Waals surface area (Å²) in [6.45, 7) is 3.98. The monoisotopic (exact) mass is 294 g/mol. The molecule has 0 aliphatic heterocycles. The summed E-state index contributed by atoms with van der Waals surface area (Å²) in [6, 6.07) is 7.55. The van der Waals surface area contributed by atoms with Crippen molar-refractivity contribution in [3.8, 4) is 0 Å². The van der Waals surface area contributed by atoms with Gasteiger partial charge in [0.15, 0.2) is 4.34 Å². The number of ether oxygens (including phenoxy) is 1. The number of aromatic nitrogens is 1. The number of thiazole rings is 1. The lowest BCUT2D eigenvalue weighted by molar-refractivity contribution is 0.0531. The molecule has 2 rings (SSSR count). The Morgan fingerprint density at radius 1 is 1.42 bits per heavy atom. The van der Waals surface area contributed by atoms with Gasteiger partial charge in [-0.2, -0.15) is 0 Å². The van der Waals surface area contributed by atoms with Gasteiger partial charge in [0.05, 0.1) is 12.3 Å². The minimum atomic E-state index is -0.304. The third-order valence-electron chi connectivity index (χ3n) is 2.32. The number of hydrogen-bond acceptors (Lipinski definition) is 6. The van der Waals surface area contributed by atoms with Crippen LogP contribution >= 0.6 is 23.1 Å². The van der Waals surface area contributed by atoms with E-state index >= 15 is 0 Å². The van der Waals surface area contributed by atoms with Crippen LogP contribution in [0.3, 0.4) is 0 Å². The Morgan fingerprint density at radius 2 is 2.11 bits per heavy atom. The number of hydrogen-bond donors (Lipinski definition) is 1. The number of esters is 1. The van der Waals surface area contributed by atoms with E-state index in [-0.39, 0.29) is 5.97 Å². The highest BCUT2D eigenvalue weighted by Crippen LogP contribution is 2.33. The molecule has 0 spiro atoms. The fourth-order valence-electron chi connectivity index (χ4n) is 1.44. The average molecular weight is 294 g/mol. The van der Waals surface area contributed by atoms with Crippen molar-refractivity contribution in [2.75, 3.05) is 12.3 Å². The predicted molar refractivity (Wildman–Crippen MR) is 77.8 cm³/mol. The maximum atomic E-state index is 11.7. The topological polar surface area (TPSA) is 65.2 Å². The SMILES string of the molecule is CCOC(=O)c1sc(Sc2ccc(N)cc2)nc1C. The van der Waals surface area contributed by atoms with Crippen LogP contribution in [0.2, 0.25) is 0 Å². The first-order valence-electron chi connectivity index (χ1n) is 5.78. The highest BCUT2D eigenvalue weighted by Gasteiger charge is 2.16. The summed E-state index contributed by atoms with van der Waals surface area (Å²) in [5.41, 5.74) is 7.08. The van der Waals surface area contributed by atoms with E-state index in [1.807, 2.05) is 31.2 Å². The van der Waals surface area contributed by atoms with E-state index in [1.54, 1.807) is 6.92 Å². The Balaban J connectivity index is 2.16. The van der Waals surface area contributed by atoms with Gasteiger partial charge in [-0.15, -0.1) is 11.3 Å². The van der Waals surface area contributed by atoms with E-state index < -0.39 is 0 Å². The van der Waals surface area contributed by atoms with E-state index in [2.05, 4.69) is 4.98 Å². The summed E-state index contributed by atoms with van der Waals surface area (Å²) in [7, 11) is 0. The maximum absolute atomic E-state index is 11.7. The van der Waals surface area contributed by atoms with Gasteiger partial charge in [0.2, 0.25) is 0 Å². The fourth-order valence-corrected chi connectivity index (χ4v) is 3.49. The molecule has 0 saturated carbocycles. The Bertz CT molecular complexity index is 579. The quantitative estimate of drug-likeness (QED) is 0.692. The molecule has 19 heavy (non-hydrogen) atoms. The molecule has 0 radical (unpaired) electrons. The molecule has 4 nitrogen and oxygen atoms in total. The second kappa shape index (κ2) is 6.08. The number of rotatable bonds is 4. The van der Waals surface area contributed by atoms with Gasteiger partial charge < -0.3 is 10.5 Å². The normalized spacial score (nSPS) is 10.4. The first kappa shape index (κ1) is 13.9. The molecule has 0 bridgehead atoms. The molecule has 2 N–H and O–H groups in total. The van der Waals surface area contributed by atoms with Crippen molar-refractivity contribution in [1.29, 1.82) is 0 Å². The summed E-state index contributed by atoms with van der Waals surface area (Å²) >= 11 is 2.86. The number of anilines is 1. The zero-order chi connectivity index (χ0) is 13.8. The van der Waals surface area contributed by atoms with Gasteiger partial charge in [0, 0.05) is 10.6 Å². The minimum absolute atomic E-state index is 0.304. The second-order valence-electron chi connectivity index (χ2n) is 3.79. The van der Waals surface area contributed by atoms with Crippen molar-refractivity contribution in [2.24, 2.45) is 0 Å². The molecule has 0 amide bonds. The van der Waals surface area contributed by atoms with E-state index in [0.29, 0.717) is 17.2 Å². The molecule has 0 atom stereocenters. The smallest absolute Gasteiger partial charge is 0.350 e. The molecule has 0 fully saturated rings. The van der Waals surface area contributed by atoms with Gasteiger partial charge in [-0.05, 0) is 38.1 Å². The van der Waals surface area contributed by atoms with Crippen molar-refractivity contribution in [3.63, 3.8) is 0 Å². The van der Waals surface area contributed by atoms with Crippen LogP contribution < -0.4 is 5.73 Å². The summed E-state index contributed by atoms with van der Waals surface area (Å²) in [5.74, 6) is -0.304. The van der Waals surface area contributed by atoms with Crippen molar-refractivity contribution in [2.45, 2.75) is 23.1 Å². The van der Waals surface area contributed by atoms with Gasteiger partial charge in [0.25, 0.3) is 0 Å². The molecule has 6 heteroatoms. The van der Waals surface area contributed by atoms with E-state index in [4.69, 9.17) is 10.5 Å². The minimum Gasteiger partial charge on any atom is -0.462 e. The lowest BCUT2D eigenvalue weighted by Gasteiger charge is -1.98.